The first-order valence-electron chi connectivity index (χ1n) is 19.4. The van der Waals surface area contributed by atoms with Crippen LogP contribution in [-0.4, -0.2) is 35.0 Å². The van der Waals surface area contributed by atoms with Crippen molar-refractivity contribution in [2.75, 3.05) is 0 Å². The summed E-state index contributed by atoms with van der Waals surface area (Å²) in [5, 5.41) is 1.70. The molecule has 56 heavy (non-hydrogen) atoms. The number of benzene rings is 6. The molecule has 0 saturated carbocycles. The van der Waals surface area contributed by atoms with Gasteiger partial charge >= 0.3 is 0 Å². The van der Waals surface area contributed by atoms with Gasteiger partial charge in [0.05, 0.1) is 22.6 Å². The smallest absolute Gasteiger partial charge is 0.0773 e. The minimum absolute atomic E-state index is 0.0368. The number of halogens is 2. The molecule has 6 aromatic rings. The molecular weight excluding hydrogens is 764 g/mol. The summed E-state index contributed by atoms with van der Waals surface area (Å²) >= 11 is 12.6. The average molecular weight is 806 g/mol. The molecule has 278 valence electrons. The first kappa shape index (κ1) is 36.3. The highest BCUT2D eigenvalue weighted by atomic mass is 35.5. The van der Waals surface area contributed by atoms with Crippen molar-refractivity contribution in [3.63, 3.8) is 0 Å². The minimum atomic E-state index is -0.334. The van der Waals surface area contributed by atoms with Gasteiger partial charge in [-0.05, 0) is 93.7 Å². The van der Waals surface area contributed by atoms with Gasteiger partial charge in [-0.2, -0.15) is 0 Å². The maximum atomic E-state index is 6.32. The Morgan fingerprint density at radius 3 is 0.911 bits per heavy atom. The lowest BCUT2D eigenvalue weighted by Crippen LogP contribution is -2.63. The van der Waals surface area contributed by atoms with E-state index < -0.39 is 0 Å². The van der Waals surface area contributed by atoms with Crippen LogP contribution in [0.15, 0.2) is 156 Å². The second-order valence-corrected chi connectivity index (χ2v) is 20.0. The van der Waals surface area contributed by atoms with E-state index in [9.17, 15) is 0 Å². The second kappa shape index (κ2) is 13.2. The zero-order valence-electron chi connectivity index (χ0n) is 31.8. The van der Waals surface area contributed by atoms with E-state index in [2.05, 4.69) is 161 Å². The third-order valence-corrected chi connectivity index (χ3v) is 17.9. The topological polar surface area (TPSA) is 24.7 Å². The highest BCUT2D eigenvalue weighted by molar-refractivity contribution is 8.77. The largest absolute Gasteiger partial charge is 0.287 e. The van der Waals surface area contributed by atoms with Gasteiger partial charge in [0.2, 0.25) is 0 Å². The summed E-state index contributed by atoms with van der Waals surface area (Å²) in [6.07, 6.45) is 4.16. The molecule has 4 atom stereocenters. The van der Waals surface area contributed by atoms with E-state index in [1.807, 2.05) is 45.9 Å². The summed E-state index contributed by atoms with van der Waals surface area (Å²) in [5.41, 5.74) is 12.0. The predicted octanol–water partition coefficient (Wildman–Crippen LogP) is 12.7. The number of fused-ring (bicyclic) bond motifs is 2. The summed E-state index contributed by atoms with van der Waals surface area (Å²) < 4.78 is 0. The van der Waals surface area contributed by atoms with Crippen molar-refractivity contribution in [3.05, 3.63) is 211 Å². The lowest BCUT2D eigenvalue weighted by Gasteiger charge is -2.62. The highest BCUT2D eigenvalue weighted by Gasteiger charge is 2.65. The van der Waals surface area contributed by atoms with Crippen molar-refractivity contribution in [1.82, 2.24) is 0 Å². The van der Waals surface area contributed by atoms with Gasteiger partial charge in [-0.1, -0.05) is 180 Å². The molecule has 0 N–H and O–H groups in total. The maximum absolute atomic E-state index is 6.32. The van der Waals surface area contributed by atoms with E-state index in [1.54, 1.807) is 0 Å². The van der Waals surface area contributed by atoms with Gasteiger partial charge in [0.1, 0.15) is 0 Å². The zero-order chi connectivity index (χ0) is 38.5. The van der Waals surface area contributed by atoms with E-state index in [0.717, 1.165) is 21.2 Å². The Hall–Kier alpha value is -4.06. The molecule has 6 heteroatoms. The quantitative estimate of drug-likeness (QED) is 0.119. The first-order valence-corrected chi connectivity index (χ1v) is 22.4. The number of hydrogen-bond acceptors (Lipinski definition) is 4. The van der Waals surface area contributed by atoms with Crippen molar-refractivity contribution >= 4 is 57.2 Å². The Balaban J connectivity index is 1.14. The fourth-order valence-corrected chi connectivity index (χ4v) is 15.7. The van der Waals surface area contributed by atoms with Crippen molar-refractivity contribution in [3.8, 4) is 0 Å². The molecule has 0 aliphatic heterocycles. The monoisotopic (exact) mass is 804 g/mol. The van der Waals surface area contributed by atoms with Crippen LogP contribution in [0.25, 0.3) is 0 Å². The first-order chi connectivity index (χ1) is 27.1. The van der Waals surface area contributed by atoms with Crippen molar-refractivity contribution in [2.24, 2.45) is 9.98 Å². The lowest BCUT2D eigenvalue weighted by molar-refractivity contribution is 0.292. The molecule has 0 radical (unpaired) electrons. The lowest BCUT2D eigenvalue weighted by atomic mass is 9.48. The Kier molecular flexibility index (Phi) is 8.58. The third-order valence-electron chi connectivity index (χ3n) is 13.9. The van der Waals surface area contributed by atoms with Crippen LogP contribution in [-0.2, 0) is 21.7 Å². The molecule has 6 aliphatic carbocycles. The van der Waals surface area contributed by atoms with E-state index in [-0.39, 0.29) is 44.2 Å². The normalized spacial score (nSPS) is 30.6. The molecular formula is C50H42Cl2N2S2. The zero-order valence-corrected chi connectivity index (χ0v) is 34.9. The summed E-state index contributed by atoms with van der Waals surface area (Å²) in [5.74, 6) is 0. The molecule has 12 rings (SSSR count). The summed E-state index contributed by atoms with van der Waals surface area (Å²) in [4.78, 5) is 11.3. The van der Waals surface area contributed by atoms with Crippen molar-refractivity contribution < 1.29 is 0 Å². The fourth-order valence-electron chi connectivity index (χ4n) is 10.9. The molecule has 0 amide bonds. The SMILES string of the molecule is CC12c3ccccc3C(C)(c3ccccc31)C(SSC1C(N=Cc3ccc(Cl)cc3)C3(C)c4ccccc4C1(C)c1ccccc13)C2N=Cc1ccc(Cl)cc1. The molecule has 0 heterocycles. The van der Waals surface area contributed by atoms with Crippen LogP contribution in [0.2, 0.25) is 10.0 Å². The van der Waals surface area contributed by atoms with Gasteiger partial charge in [-0.15, -0.1) is 0 Å². The number of rotatable bonds is 7. The molecule has 0 saturated heterocycles. The number of nitrogens with zero attached hydrogens (tertiary/aromatic N) is 2. The molecule has 4 unspecified atom stereocenters. The summed E-state index contributed by atoms with van der Waals surface area (Å²) in [6.45, 7) is 9.82. The molecule has 0 aromatic heterocycles. The number of aliphatic imine (C=N–C) groups is 2. The van der Waals surface area contributed by atoms with E-state index in [0.29, 0.717) is 0 Å². The minimum Gasteiger partial charge on any atom is -0.287 e. The second-order valence-electron chi connectivity index (χ2n) is 16.6. The van der Waals surface area contributed by atoms with Crippen LogP contribution in [0.4, 0.5) is 0 Å². The van der Waals surface area contributed by atoms with E-state index >= 15 is 0 Å². The molecule has 6 aromatic carbocycles. The van der Waals surface area contributed by atoms with Crippen molar-refractivity contribution in [2.45, 2.75) is 71.9 Å². The summed E-state index contributed by atoms with van der Waals surface area (Å²) in [7, 11) is 4.08. The fraction of sp³-hybridized carbons (Fsp3) is 0.240. The van der Waals surface area contributed by atoms with Crippen LogP contribution in [0.1, 0.15) is 83.3 Å². The van der Waals surface area contributed by atoms with Gasteiger partial charge in [-0.25, -0.2) is 0 Å². The number of hydrogen-bond donors (Lipinski definition) is 0. The molecule has 6 aliphatic rings. The highest BCUT2D eigenvalue weighted by Crippen LogP contribution is 2.68. The Morgan fingerprint density at radius 2 is 0.643 bits per heavy atom. The van der Waals surface area contributed by atoms with E-state index in [1.165, 1.54) is 44.5 Å². The average Bonchev–Trinajstić information content (AvgIpc) is 3.23. The van der Waals surface area contributed by atoms with Crippen LogP contribution < -0.4 is 0 Å². The third kappa shape index (κ3) is 4.98. The van der Waals surface area contributed by atoms with Gasteiger partial charge in [-0.3, -0.25) is 9.98 Å². The Bertz CT molecular complexity index is 2290. The standard InChI is InChI=1S/C50H42Cl2N2S2/c1-47-35-13-5-9-17-39(35)49(3,40-18-10-6-14-36(40)47)45(43(47)53-29-31-21-25-33(51)26-22-31)55-56-46-44(54-30-32-23-27-34(52)28-24-32)48(2)37-15-7-11-19-41(37)50(46,4)42-20-12-8-16-38(42)48/h5-30,43-46H,1-4H3. The molecule has 0 spiro atoms. The van der Waals surface area contributed by atoms with Crippen molar-refractivity contribution in [1.29, 1.82) is 0 Å². The Labute approximate surface area is 348 Å². The van der Waals surface area contributed by atoms with Gasteiger partial charge in [0.15, 0.2) is 0 Å². The van der Waals surface area contributed by atoms with Crippen LogP contribution in [0, 0.1) is 0 Å². The van der Waals surface area contributed by atoms with Crippen LogP contribution in [0.3, 0.4) is 0 Å². The molecule has 4 bridgehead atoms. The Morgan fingerprint density at radius 1 is 0.393 bits per heavy atom. The van der Waals surface area contributed by atoms with Gasteiger partial charge in [0, 0.05) is 44.1 Å². The molecule has 0 fully saturated rings. The van der Waals surface area contributed by atoms with Crippen LogP contribution in [0.5, 0.6) is 0 Å². The summed E-state index contributed by atoms with van der Waals surface area (Å²) in [6, 6.07) is 52.5. The van der Waals surface area contributed by atoms with E-state index in [4.69, 9.17) is 33.2 Å². The molecule has 2 nitrogen and oxygen atoms in total. The maximum Gasteiger partial charge on any atom is 0.0773 e. The van der Waals surface area contributed by atoms with Gasteiger partial charge < -0.3 is 0 Å². The van der Waals surface area contributed by atoms with Crippen LogP contribution >= 0.6 is 44.8 Å². The van der Waals surface area contributed by atoms with Gasteiger partial charge in [0.25, 0.3) is 0 Å². The predicted molar refractivity (Wildman–Crippen MR) is 240 cm³/mol.